The van der Waals surface area contributed by atoms with Crippen LogP contribution in [0.15, 0.2) is 67.0 Å². The summed E-state index contributed by atoms with van der Waals surface area (Å²) < 4.78 is 35.5. The van der Waals surface area contributed by atoms with Crippen LogP contribution in [0.5, 0.6) is 5.75 Å². The number of nitrogens with zero attached hydrogens (tertiary/aromatic N) is 2. The molecule has 4 rings (SSSR count). The van der Waals surface area contributed by atoms with Crippen molar-refractivity contribution in [3.8, 4) is 17.0 Å². The number of rotatable bonds is 6. The number of hydrogen-bond acceptors (Lipinski definition) is 4. The van der Waals surface area contributed by atoms with Crippen LogP contribution in [0, 0.1) is 13.8 Å². The Balaban J connectivity index is 1.67. The highest BCUT2D eigenvalue weighted by atomic mass is 32.2. The summed E-state index contributed by atoms with van der Waals surface area (Å²) in [5.41, 5.74) is 5.68. The van der Waals surface area contributed by atoms with Crippen LogP contribution in [0.2, 0.25) is 0 Å². The van der Waals surface area contributed by atoms with Crippen molar-refractivity contribution >= 4 is 21.4 Å². The van der Waals surface area contributed by atoms with Crippen molar-refractivity contribution in [3.63, 3.8) is 0 Å². The first-order chi connectivity index (χ1) is 14.3. The number of hydrogen-bond donors (Lipinski definition) is 1. The van der Waals surface area contributed by atoms with E-state index >= 15 is 0 Å². The van der Waals surface area contributed by atoms with Crippen LogP contribution in [0.1, 0.15) is 16.7 Å². The summed E-state index contributed by atoms with van der Waals surface area (Å²) in [4.78, 5) is 4.70. The minimum Gasteiger partial charge on any atom is -0.495 e. The summed E-state index contributed by atoms with van der Waals surface area (Å²) in [5, 5.41) is 0. The van der Waals surface area contributed by atoms with Gasteiger partial charge in [0.05, 0.1) is 24.2 Å². The molecule has 0 saturated carbocycles. The Morgan fingerprint density at radius 2 is 1.83 bits per heavy atom. The lowest BCUT2D eigenvalue weighted by molar-refractivity contribution is 0.417. The first-order valence-electron chi connectivity index (χ1n) is 9.53. The fourth-order valence-electron chi connectivity index (χ4n) is 3.35. The number of pyridine rings is 1. The largest absolute Gasteiger partial charge is 0.495 e. The predicted molar refractivity (Wildman–Crippen MR) is 119 cm³/mol. The summed E-state index contributed by atoms with van der Waals surface area (Å²) in [6.07, 6.45) is 3.86. The second-order valence-electron chi connectivity index (χ2n) is 7.31. The maximum Gasteiger partial charge on any atom is 0.237 e. The third-order valence-electron chi connectivity index (χ3n) is 4.92. The number of benzene rings is 2. The fraction of sp³-hybridized carbons (Fsp3) is 0.174. The second-order valence-corrected chi connectivity index (χ2v) is 9.03. The zero-order valence-electron chi connectivity index (χ0n) is 17.1. The number of sulfonamides is 1. The van der Waals surface area contributed by atoms with Gasteiger partial charge in [0.2, 0.25) is 10.0 Å². The second kappa shape index (κ2) is 7.84. The fourth-order valence-corrected chi connectivity index (χ4v) is 4.55. The molecule has 0 amide bonds. The highest BCUT2D eigenvalue weighted by Crippen LogP contribution is 2.31. The average Bonchev–Trinajstić information content (AvgIpc) is 3.15. The summed E-state index contributed by atoms with van der Waals surface area (Å²) in [7, 11) is -2.10. The van der Waals surface area contributed by atoms with Crippen molar-refractivity contribution in [2.24, 2.45) is 0 Å². The molecule has 0 aliphatic carbocycles. The molecule has 2 aromatic carbocycles. The van der Waals surface area contributed by atoms with Gasteiger partial charge in [0.25, 0.3) is 0 Å². The monoisotopic (exact) mass is 421 g/mol. The minimum atomic E-state index is -3.62. The van der Waals surface area contributed by atoms with E-state index in [-0.39, 0.29) is 5.75 Å². The molecular weight excluding hydrogens is 398 g/mol. The van der Waals surface area contributed by atoms with Crippen molar-refractivity contribution in [3.05, 3.63) is 83.7 Å². The molecule has 0 spiro atoms. The summed E-state index contributed by atoms with van der Waals surface area (Å²) >= 11 is 0. The van der Waals surface area contributed by atoms with Gasteiger partial charge in [-0.25, -0.2) is 13.4 Å². The van der Waals surface area contributed by atoms with Crippen molar-refractivity contribution in [1.82, 2.24) is 9.38 Å². The molecule has 2 aromatic heterocycles. The summed E-state index contributed by atoms with van der Waals surface area (Å²) in [6, 6.07) is 16.8. The Bertz CT molecular complexity index is 1310. The maximum atomic E-state index is 12.8. The van der Waals surface area contributed by atoms with Crippen LogP contribution in [-0.2, 0) is 15.8 Å². The van der Waals surface area contributed by atoms with Crippen LogP contribution >= 0.6 is 0 Å². The molecule has 7 heteroatoms. The Kier molecular flexibility index (Phi) is 5.22. The Morgan fingerprint density at radius 3 is 2.53 bits per heavy atom. The molecule has 0 fully saturated rings. The van der Waals surface area contributed by atoms with E-state index in [9.17, 15) is 8.42 Å². The number of methoxy groups -OCH3 is 1. The number of anilines is 1. The minimum absolute atomic E-state index is 0.117. The number of imidazole rings is 1. The van der Waals surface area contributed by atoms with Gasteiger partial charge >= 0.3 is 0 Å². The maximum absolute atomic E-state index is 12.8. The molecule has 0 saturated heterocycles. The van der Waals surface area contributed by atoms with Crippen molar-refractivity contribution in [2.75, 3.05) is 11.8 Å². The smallest absolute Gasteiger partial charge is 0.237 e. The molecule has 0 atom stereocenters. The van der Waals surface area contributed by atoms with Gasteiger partial charge in [-0.1, -0.05) is 35.9 Å². The van der Waals surface area contributed by atoms with E-state index in [1.165, 1.54) is 7.11 Å². The predicted octanol–water partition coefficient (Wildman–Crippen LogP) is 4.57. The lowest BCUT2D eigenvalue weighted by atomic mass is 10.1. The lowest BCUT2D eigenvalue weighted by Crippen LogP contribution is -2.15. The van der Waals surface area contributed by atoms with Crippen molar-refractivity contribution in [2.45, 2.75) is 19.6 Å². The Labute approximate surface area is 176 Å². The van der Waals surface area contributed by atoms with E-state index in [1.54, 1.807) is 12.1 Å². The molecule has 4 aromatic rings. The first kappa shape index (κ1) is 20.0. The molecular formula is C23H23N3O3S. The molecule has 1 N–H and O–H groups in total. The van der Waals surface area contributed by atoms with Crippen molar-refractivity contribution in [1.29, 1.82) is 0 Å². The van der Waals surface area contributed by atoms with Gasteiger partial charge in [-0.3, -0.25) is 4.72 Å². The van der Waals surface area contributed by atoms with E-state index in [2.05, 4.69) is 4.72 Å². The Hall–Kier alpha value is -3.32. The van der Waals surface area contributed by atoms with E-state index < -0.39 is 10.0 Å². The quantitative estimate of drug-likeness (QED) is 0.495. The molecule has 0 bridgehead atoms. The van der Waals surface area contributed by atoms with Crippen LogP contribution in [-0.4, -0.2) is 24.9 Å². The number of nitrogens with one attached hydrogen (secondary N) is 1. The van der Waals surface area contributed by atoms with Gasteiger partial charge < -0.3 is 9.14 Å². The van der Waals surface area contributed by atoms with E-state index in [0.717, 1.165) is 33.6 Å². The molecule has 6 nitrogen and oxygen atoms in total. The molecule has 0 unspecified atom stereocenters. The lowest BCUT2D eigenvalue weighted by Gasteiger charge is -2.13. The molecule has 2 heterocycles. The van der Waals surface area contributed by atoms with Gasteiger partial charge in [-0.2, -0.15) is 0 Å². The van der Waals surface area contributed by atoms with Crippen LogP contribution in [0.4, 0.5) is 5.69 Å². The SMILES string of the molecule is COc1ccc(-c2cn3cccc(C)c3n2)cc1NS(=O)(=O)Cc1ccc(C)cc1. The number of aromatic nitrogens is 2. The molecule has 154 valence electrons. The molecule has 0 radical (unpaired) electrons. The first-order valence-corrected chi connectivity index (χ1v) is 11.2. The standard InChI is InChI=1S/C23H23N3O3S/c1-16-6-8-18(9-7-16)15-30(27,28)25-20-13-19(10-11-22(20)29-3)21-14-26-12-4-5-17(2)23(26)24-21/h4-14,25H,15H2,1-3H3. The summed E-state index contributed by atoms with van der Waals surface area (Å²) in [5.74, 6) is 0.333. The van der Waals surface area contributed by atoms with Gasteiger partial charge in [0, 0.05) is 18.0 Å². The van der Waals surface area contributed by atoms with Gasteiger partial charge in [-0.05, 0) is 49.2 Å². The topological polar surface area (TPSA) is 72.7 Å². The zero-order valence-corrected chi connectivity index (χ0v) is 17.9. The highest BCUT2D eigenvalue weighted by molar-refractivity contribution is 7.91. The highest BCUT2D eigenvalue weighted by Gasteiger charge is 2.16. The van der Waals surface area contributed by atoms with E-state index in [0.29, 0.717) is 11.4 Å². The normalized spacial score (nSPS) is 11.6. The van der Waals surface area contributed by atoms with Gasteiger partial charge in [0.1, 0.15) is 11.4 Å². The molecule has 0 aliphatic heterocycles. The van der Waals surface area contributed by atoms with Crippen LogP contribution in [0.25, 0.3) is 16.9 Å². The average molecular weight is 422 g/mol. The number of fused-ring (bicyclic) bond motifs is 1. The van der Waals surface area contributed by atoms with E-state index in [1.807, 2.05) is 73.1 Å². The van der Waals surface area contributed by atoms with Gasteiger partial charge in [-0.15, -0.1) is 0 Å². The molecule has 0 aliphatic rings. The third kappa shape index (κ3) is 4.16. The third-order valence-corrected chi connectivity index (χ3v) is 6.16. The van der Waals surface area contributed by atoms with Crippen LogP contribution in [0.3, 0.4) is 0 Å². The van der Waals surface area contributed by atoms with Crippen LogP contribution < -0.4 is 9.46 Å². The van der Waals surface area contributed by atoms with Crippen molar-refractivity contribution < 1.29 is 13.2 Å². The van der Waals surface area contributed by atoms with E-state index in [4.69, 9.17) is 9.72 Å². The van der Waals surface area contributed by atoms with Gasteiger partial charge in [0.15, 0.2) is 0 Å². The Morgan fingerprint density at radius 1 is 1.07 bits per heavy atom. The zero-order chi connectivity index (χ0) is 21.3. The number of ether oxygens (including phenoxy) is 1. The molecule has 30 heavy (non-hydrogen) atoms. The summed E-state index contributed by atoms with van der Waals surface area (Å²) in [6.45, 7) is 3.97. The number of aryl methyl sites for hydroxylation is 2.